The normalized spacial score (nSPS) is 22.4. The Morgan fingerprint density at radius 3 is 2.63 bits per heavy atom. The number of rotatable bonds is 4. The number of alkyl halides is 3. The van der Waals surface area contributed by atoms with Crippen molar-refractivity contribution in [2.75, 3.05) is 11.1 Å². The van der Waals surface area contributed by atoms with Crippen molar-refractivity contribution in [1.29, 1.82) is 0 Å². The molecule has 3 aromatic rings. The Labute approximate surface area is 176 Å². The average Bonchev–Trinajstić information content (AvgIpc) is 3.13. The number of benzene rings is 1. The van der Waals surface area contributed by atoms with E-state index < -0.39 is 17.3 Å². The number of nitrogens with two attached hydrogens (primary N) is 1. The average molecular weight is 437 g/mol. The molecule has 4 N–H and O–H groups in total. The fourth-order valence-corrected chi connectivity index (χ4v) is 5.03. The Morgan fingerprint density at radius 1 is 1.20 bits per heavy atom. The van der Waals surface area contributed by atoms with E-state index in [1.165, 1.54) is 23.7 Å². The molecule has 160 valence electrons. The van der Waals surface area contributed by atoms with E-state index in [1.54, 1.807) is 0 Å². The van der Waals surface area contributed by atoms with Crippen LogP contribution in [0.5, 0.6) is 0 Å². The van der Waals surface area contributed by atoms with Gasteiger partial charge in [-0.3, -0.25) is 0 Å². The van der Waals surface area contributed by atoms with Crippen molar-refractivity contribution in [3.63, 3.8) is 0 Å². The molecule has 0 amide bonds. The van der Waals surface area contributed by atoms with Crippen LogP contribution in [0.2, 0.25) is 0 Å². The molecular weight excluding hydrogens is 413 g/mol. The number of hydrogen-bond acceptors (Lipinski definition) is 6. The van der Waals surface area contributed by atoms with Gasteiger partial charge in [-0.25, -0.2) is 9.97 Å². The lowest BCUT2D eigenvalue weighted by atomic mass is 9.79. The number of nitrogen functional groups attached to an aromatic ring is 1. The van der Waals surface area contributed by atoms with Crippen molar-refractivity contribution in [3.8, 4) is 0 Å². The summed E-state index contributed by atoms with van der Waals surface area (Å²) >= 11 is 1.44. The van der Waals surface area contributed by atoms with Gasteiger partial charge in [-0.15, -0.1) is 11.3 Å². The molecule has 9 heteroatoms. The molecule has 2 aromatic heterocycles. The number of nitrogens with one attached hydrogen (secondary N) is 1. The number of aromatic nitrogens is 2. The third-order valence-corrected chi connectivity index (χ3v) is 6.93. The lowest BCUT2D eigenvalue weighted by Crippen LogP contribution is -2.29. The van der Waals surface area contributed by atoms with Crippen LogP contribution < -0.4 is 11.1 Å². The molecule has 1 saturated carbocycles. The number of hydrogen-bond donors (Lipinski definition) is 3. The molecule has 0 aliphatic heterocycles. The summed E-state index contributed by atoms with van der Waals surface area (Å²) in [7, 11) is 0. The highest BCUT2D eigenvalue weighted by molar-refractivity contribution is 7.18. The van der Waals surface area contributed by atoms with Gasteiger partial charge in [0.15, 0.2) is 0 Å². The van der Waals surface area contributed by atoms with E-state index >= 15 is 0 Å². The van der Waals surface area contributed by atoms with Gasteiger partial charge in [0.25, 0.3) is 0 Å². The van der Waals surface area contributed by atoms with E-state index in [-0.39, 0.29) is 12.2 Å². The molecule has 4 rings (SSSR count). The number of halogens is 3. The van der Waals surface area contributed by atoms with Crippen molar-refractivity contribution in [3.05, 3.63) is 46.6 Å². The van der Waals surface area contributed by atoms with E-state index in [0.29, 0.717) is 30.1 Å². The summed E-state index contributed by atoms with van der Waals surface area (Å²) in [5.41, 5.74) is 4.47. The summed E-state index contributed by atoms with van der Waals surface area (Å²) in [6.07, 6.45) is 0.318. The number of fused-ring (bicyclic) bond motifs is 1. The second kappa shape index (κ2) is 7.70. The SMILES string of the molecule is CC1CCC(O)(c2cc3c(NCc4cc(N)cc(C(F)(F)F)c4)ncnc3s2)CC1. The van der Waals surface area contributed by atoms with Crippen LogP contribution >= 0.6 is 11.3 Å². The van der Waals surface area contributed by atoms with E-state index in [1.807, 2.05) is 6.07 Å². The van der Waals surface area contributed by atoms with Gasteiger partial charge in [0.05, 0.1) is 16.6 Å². The molecule has 1 aliphatic rings. The minimum Gasteiger partial charge on any atom is -0.399 e. The Bertz CT molecular complexity index is 1060. The number of aliphatic hydroxyl groups is 1. The van der Waals surface area contributed by atoms with Crippen LogP contribution in [0.1, 0.15) is 48.6 Å². The van der Waals surface area contributed by atoms with Crippen LogP contribution in [0.15, 0.2) is 30.6 Å². The molecule has 2 heterocycles. The van der Waals surface area contributed by atoms with Crippen molar-refractivity contribution in [1.82, 2.24) is 9.97 Å². The molecule has 30 heavy (non-hydrogen) atoms. The fraction of sp³-hybridized carbons (Fsp3) is 0.429. The van der Waals surface area contributed by atoms with Crippen molar-refractivity contribution < 1.29 is 18.3 Å². The van der Waals surface area contributed by atoms with Gasteiger partial charge in [0, 0.05) is 17.1 Å². The fourth-order valence-electron chi connectivity index (χ4n) is 3.88. The molecular formula is C21H23F3N4OS. The van der Waals surface area contributed by atoms with Crippen LogP contribution in [-0.2, 0) is 18.3 Å². The first-order chi connectivity index (χ1) is 14.1. The van der Waals surface area contributed by atoms with E-state index in [2.05, 4.69) is 22.2 Å². The monoisotopic (exact) mass is 436 g/mol. The molecule has 0 spiro atoms. The van der Waals surface area contributed by atoms with Gasteiger partial charge in [-0.1, -0.05) is 6.92 Å². The quantitative estimate of drug-likeness (QED) is 0.483. The van der Waals surface area contributed by atoms with Gasteiger partial charge in [-0.05, 0) is 61.4 Å². The molecule has 0 atom stereocenters. The predicted molar refractivity (Wildman–Crippen MR) is 112 cm³/mol. The van der Waals surface area contributed by atoms with E-state index in [0.717, 1.165) is 40.1 Å². The molecule has 0 saturated heterocycles. The summed E-state index contributed by atoms with van der Waals surface area (Å²) < 4.78 is 39.1. The first-order valence-corrected chi connectivity index (χ1v) is 10.6. The maximum absolute atomic E-state index is 13.0. The highest BCUT2D eigenvalue weighted by atomic mass is 32.1. The molecule has 0 unspecified atom stereocenters. The maximum atomic E-state index is 13.0. The number of anilines is 2. The summed E-state index contributed by atoms with van der Waals surface area (Å²) in [5, 5.41) is 15.0. The largest absolute Gasteiger partial charge is 0.416 e. The van der Waals surface area contributed by atoms with Gasteiger partial charge >= 0.3 is 6.18 Å². The lowest BCUT2D eigenvalue weighted by molar-refractivity contribution is -0.137. The minimum absolute atomic E-state index is 0.0565. The molecule has 0 radical (unpaired) electrons. The topological polar surface area (TPSA) is 84.1 Å². The van der Waals surface area contributed by atoms with E-state index in [9.17, 15) is 18.3 Å². The summed E-state index contributed by atoms with van der Waals surface area (Å²) in [6, 6.07) is 5.40. The molecule has 1 aromatic carbocycles. The van der Waals surface area contributed by atoms with E-state index in [4.69, 9.17) is 5.73 Å². The lowest BCUT2D eigenvalue weighted by Gasteiger charge is -2.34. The van der Waals surface area contributed by atoms with Crippen LogP contribution in [0.4, 0.5) is 24.7 Å². The predicted octanol–water partition coefficient (Wildman–Crippen LogP) is 5.30. The third-order valence-electron chi connectivity index (χ3n) is 5.69. The van der Waals surface area contributed by atoms with Gasteiger partial charge in [-0.2, -0.15) is 13.2 Å². The zero-order valence-electron chi connectivity index (χ0n) is 16.5. The second-order valence-electron chi connectivity index (χ2n) is 8.08. The van der Waals surface area contributed by atoms with Crippen LogP contribution in [0.3, 0.4) is 0 Å². The number of thiophene rings is 1. The first kappa shape index (κ1) is 20.9. The molecule has 5 nitrogen and oxygen atoms in total. The zero-order chi connectivity index (χ0) is 21.5. The van der Waals surface area contributed by atoms with Crippen LogP contribution in [0.25, 0.3) is 10.2 Å². The highest BCUT2D eigenvalue weighted by Gasteiger charge is 2.35. The zero-order valence-corrected chi connectivity index (χ0v) is 17.3. The van der Waals surface area contributed by atoms with Crippen LogP contribution in [0, 0.1) is 5.92 Å². The first-order valence-electron chi connectivity index (χ1n) is 9.82. The smallest absolute Gasteiger partial charge is 0.399 e. The van der Waals surface area contributed by atoms with Crippen molar-refractivity contribution in [2.45, 2.75) is 50.9 Å². The standard InChI is InChI=1S/C21H23F3N4OS/c1-12-2-4-20(29,5-3-12)17-9-16-18(27-11-28-19(16)30-17)26-10-13-6-14(21(22,23)24)8-15(25)7-13/h6-9,11-12,29H,2-5,10,25H2,1H3,(H,26,27,28). The van der Waals surface area contributed by atoms with Crippen molar-refractivity contribution in [2.24, 2.45) is 5.92 Å². The summed E-state index contributed by atoms with van der Waals surface area (Å²) in [6.45, 7) is 2.33. The molecule has 0 bridgehead atoms. The van der Waals surface area contributed by atoms with Gasteiger partial charge < -0.3 is 16.2 Å². The third kappa shape index (κ3) is 4.22. The Balaban J connectivity index is 1.59. The molecule has 1 fully saturated rings. The van der Waals surface area contributed by atoms with Crippen LogP contribution in [-0.4, -0.2) is 15.1 Å². The van der Waals surface area contributed by atoms with Gasteiger partial charge in [0.1, 0.15) is 17.0 Å². The molecule has 1 aliphatic carbocycles. The Kier molecular flexibility index (Phi) is 5.36. The highest BCUT2D eigenvalue weighted by Crippen LogP contribution is 2.44. The Morgan fingerprint density at radius 2 is 1.93 bits per heavy atom. The number of nitrogens with zero attached hydrogens (tertiary/aromatic N) is 2. The van der Waals surface area contributed by atoms with Gasteiger partial charge in [0.2, 0.25) is 0 Å². The Hall–Kier alpha value is -2.39. The summed E-state index contributed by atoms with van der Waals surface area (Å²) in [5.74, 6) is 1.13. The minimum atomic E-state index is -4.46. The summed E-state index contributed by atoms with van der Waals surface area (Å²) in [4.78, 5) is 10.2. The maximum Gasteiger partial charge on any atom is 0.416 e. The van der Waals surface area contributed by atoms with Crippen molar-refractivity contribution >= 4 is 33.1 Å². The second-order valence-corrected chi connectivity index (χ2v) is 9.11.